The smallest absolute Gasteiger partial charge is 0.222 e. The van der Waals surface area contributed by atoms with E-state index in [0.717, 1.165) is 17.8 Å². The molecular weight excluding hydrogens is 279 g/mol. The van der Waals surface area contributed by atoms with E-state index in [0.29, 0.717) is 0 Å². The molecule has 0 aliphatic heterocycles. The Morgan fingerprint density at radius 2 is 1.95 bits per heavy atom. The lowest BCUT2D eigenvalue weighted by molar-refractivity contribution is -0.137. The lowest BCUT2D eigenvalue weighted by atomic mass is 10.1. The van der Waals surface area contributed by atoms with Crippen molar-refractivity contribution in [3.05, 3.63) is 40.8 Å². The zero-order valence-electron chi connectivity index (χ0n) is 10.2. The summed E-state index contributed by atoms with van der Waals surface area (Å²) in [6.45, 7) is 3.89. The fraction of sp³-hybridized carbons (Fsp3) is 0.333. The summed E-state index contributed by atoms with van der Waals surface area (Å²) in [6.07, 6.45) is -2.90. The standard InChI is InChI=1S/C12H11ClF3N3/c1-7(2)9-3-4-19(18-9)11-6-8(12(14,15)16)5-10(13)17-11/h3-7H,1-2H3. The van der Waals surface area contributed by atoms with Gasteiger partial charge in [0.15, 0.2) is 5.82 Å². The average Bonchev–Trinajstić information content (AvgIpc) is 2.76. The molecule has 2 rings (SSSR count). The molecule has 19 heavy (non-hydrogen) atoms. The molecule has 0 aliphatic carbocycles. The molecule has 0 saturated heterocycles. The summed E-state index contributed by atoms with van der Waals surface area (Å²) in [7, 11) is 0. The summed E-state index contributed by atoms with van der Waals surface area (Å²) < 4.78 is 39.3. The topological polar surface area (TPSA) is 30.7 Å². The lowest BCUT2D eigenvalue weighted by Crippen LogP contribution is -2.08. The lowest BCUT2D eigenvalue weighted by Gasteiger charge is -2.09. The van der Waals surface area contributed by atoms with Crippen molar-refractivity contribution in [3.63, 3.8) is 0 Å². The molecule has 0 amide bonds. The highest BCUT2D eigenvalue weighted by Crippen LogP contribution is 2.31. The van der Waals surface area contributed by atoms with Gasteiger partial charge in [-0.25, -0.2) is 9.67 Å². The molecule has 0 unspecified atom stereocenters. The van der Waals surface area contributed by atoms with Crippen LogP contribution in [0.1, 0.15) is 31.0 Å². The first kappa shape index (κ1) is 13.9. The normalized spacial score (nSPS) is 12.2. The van der Waals surface area contributed by atoms with E-state index >= 15 is 0 Å². The second-order valence-electron chi connectivity index (χ2n) is 4.37. The zero-order valence-corrected chi connectivity index (χ0v) is 11.0. The van der Waals surface area contributed by atoms with Gasteiger partial charge in [0.1, 0.15) is 5.15 Å². The molecule has 2 heterocycles. The first-order valence-electron chi connectivity index (χ1n) is 5.58. The molecule has 102 valence electrons. The van der Waals surface area contributed by atoms with Gasteiger partial charge >= 0.3 is 6.18 Å². The van der Waals surface area contributed by atoms with Crippen molar-refractivity contribution in [2.45, 2.75) is 25.9 Å². The van der Waals surface area contributed by atoms with Crippen LogP contribution in [0.3, 0.4) is 0 Å². The number of aromatic nitrogens is 3. The zero-order chi connectivity index (χ0) is 14.2. The third kappa shape index (κ3) is 3.07. The van der Waals surface area contributed by atoms with Crippen molar-refractivity contribution >= 4 is 11.6 Å². The molecule has 0 bridgehead atoms. The van der Waals surface area contributed by atoms with Crippen LogP contribution in [-0.4, -0.2) is 14.8 Å². The van der Waals surface area contributed by atoms with Crippen LogP contribution in [0.4, 0.5) is 13.2 Å². The SMILES string of the molecule is CC(C)c1ccn(-c2cc(C(F)(F)F)cc(Cl)n2)n1. The Kier molecular flexibility index (Phi) is 3.54. The van der Waals surface area contributed by atoms with Crippen LogP contribution >= 0.6 is 11.6 Å². The van der Waals surface area contributed by atoms with Gasteiger partial charge in [-0.15, -0.1) is 0 Å². The van der Waals surface area contributed by atoms with Crippen LogP contribution in [-0.2, 0) is 6.18 Å². The quantitative estimate of drug-likeness (QED) is 0.781. The minimum atomic E-state index is -4.46. The number of hydrogen-bond acceptors (Lipinski definition) is 2. The molecule has 0 radical (unpaired) electrons. The molecule has 7 heteroatoms. The number of halogens is 4. The highest BCUT2D eigenvalue weighted by atomic mass is 35.5. The Morgan fingerprint density at radius 3 is 2.47 bits per heavy atom. The monoisotopic (exact) mass is 289 g/mol. The second kappa shape index (κ2) is 4.85. The van der Waals surface area contributed by atoms with E-state index in [1.807, 2.05) is 13.8 Å². The second-order valence-corrected chi connectivity index (χ2v) is 4.76. The van der Waals surface area contributed by atoms with Gasteiger partial charge in [-0.1, -0.05) is 25.4 Å². The van der Waals surface area contributed by atoms with Crippen LogP contribution in [0.15, 0.2) is 24.4 Å². The van der Waals surface area contributed by atoms with E-state index in [2.05, 4.69) is 10.1 Å². The molecule has 0 aliphatic rings. The first-order chi connectivity index (χ1) is 8.77. The van der Waals surface area contributed by atoms with E-state index in [1.54, 1.807) is 12.3 Å². The van der Waals surface area contributed by atoms with Crippen LogP contribution in [0.5, 0.6) is 0 Å². The van der Waals surface area contributed by atoms with Gasteiger partial charge in [0.05, 0.1) is 11.3 Å². The number of nitrogens with zero attached hydrogens (tertiary/aromatic N) is 3. The van der Waals surface area contributed by atoms with Crippen molar-refractivity contribution in [2.75, 3.05) is 0 Å². The van der Waals surface area contributed by atoms with Crippen LogP contribution < -0.4 is 0 Å². The van der Waals surface area contributed by atoms with Gasteiger partial charge in [-0.3, -0.25) is 0 Å². The van der Waals surface area contributed by atoms with Crippen molar-refractivity contribution in [2.24, 2.45) is 0 Å². The van der Waals surface area contributed by atoms with E-state index in [1.165, 1.54) is 4.68 Å². The van der Waals surface area contributed by atoms with Gasteiger partial charge in [-0.2, -0.15) is 18.3 Å². The molecule has 0 spiro atoms. The average molecular weight is 290 g/mol. The van der Waals surface area contributed by atoms with Gasteiger partial charge < -0.3 is 0 Å². The van der Waals surface area contributed by atoms with E-state index in [-0.39, 0.29) is 16.9 Å². The Morgan fingerprint density at radius 1 is 1.26 bits per heavy atom. The Bertz CT molecular complexity index is 590. The molecule has 0 aromatic carbocycles. The van der Waals surface area contributed by atoms with E-state index in [9.17, 15) is 13.2 Å². The summed E-state index contributed by atoms with van der Waals surface area (Å²) in [5.41, 5.74) is -0.0700. The first-order valence-corrected chi connectivity index (χ1v) is 5.96. The molecule has 2 aromatic heterocycles. The van der Waals surface area contributed by atoms with Gasteiger partial charge in [0.2, 0.25) is 0 Å². The summed E-state index contributed by atoms with van der Waals surface area (Å²) in [5.74, 6) is 0.231. The highest BCUT2D eigenvalue weighted by Gasteiger charge is 2.31. The summed E-state index contributed by atoms with van der Waals surface area (Å²) >= 11 is 5.62. The van der Waals surface area contributed by atoms with Crippen LogP contribution in [0.25, 0.3) is 5.82 Å². The molecule has 2 aromatic rings. The van der Waals surface area contributed by atoms with Gasteiger partial charge in [0, 0.05) is 6.20 Å². The molecule has 3 nitrogen and oxygen atoms in total. The maximum absolute atomic E-state index is 12.7. The number of pyridine rings is 1. The molecule has 0 atom stereocenters. The summed E-state index contributed by atoms with van der Waals surface area (Å²) in [6, 6.07) is 3.45. The van der Waals surface area contributed by atoms with Crippen molar-refractivity contribution < 1.29 is 13.2 Å². The molecule has 0 saturated carbocycles. The highest BCUT2D eigenvalue weighted by molar-refractivity contribution is 6.29. The number of alkyl halides is 3. The maximum Gasteiger partial charge on any atom is 0.416 e. The minimum Gasteiger partial charge on any atom is -0.222 e. The fourth-order valence-corrected chi connectivity index (χ4v) is 1.74. The third-order valence-electron chi connectivity index (χ3n) is 2.54. The van der Waals surface area contributed by atoms with Gasteiger partial charge in [0.25, 0.3) is 0 Å². The molecule has 0 N–H and O–H groups in total. The van der Waals surface area contributed by atoms with Crippen molar-refractivity contribution in [1.82, 2.24) is 14.8 Å². The van der Waals surface area contributed by atoms with Crippen molar-refractivity contribution in [1.29, 1.82) is 0 Å². The third-order valence-corrected chi connectivity index (χ3v) is 2.74. The van der Waals surface area contributed by atoms with Crippen LogP contribution in [0, 0.1) is 0 Å². The molecule has 0 fully saturated rings. The minimum absolute atomic E-state index is 0.0479. The van der Waals surface area contributed by atoms with E-state index in [4.69, 9.17) is 11.6 Å². The van der Waals surface area contributed by atoms with E-state index < -0.39 is 11.7 Å². The Labute approximate surface area is 113 Å². The van der Waals surface area contributed by atoms with Gasteiger partial charge in [-0.05, 0) is 24.1 Å². The maximum atomic E-state index is 12.7. The predicted octanol–water partition coefficient (Wildman–Crippen LogP) is 4.06. The Hall–Kier alpha value is -1.56. The van der Waals surface area contributed by atoms with Crippen molar-refractivity contribution in [3.8, 4) is 5.82 Å². The molecular formula is C12H11ClF3N3. The number of hydrogen-bond donors (Lipinski definition) is 0. The summed E-state index contributed by atoms with van der Waals surface area (Å²) in [4.78, 5) is 3.86. The summed E-state index contributed by atoms with van der Waals surface area (Å²) in [5, 5.41) is 3.96. The Balaban J connectivity index is 2.47. The largest absolute Gasteiger partial charge is 0.416 e. The number of rotatable bonds is 2. The van der Waals surface area contributed by atoms with Crippen LogP contribution in [0.2, 0.25) is 5.15 Å². The fourth-order valence-electron chi connectivity index (χ4n) is 1.54. The predicted molar refractivity (Wildman–Crippen MR) is 65.5 cm³/mol.